The number of halogens is 4. The summed E-state index contributed by atoms with van der Waals surface area (Å²) in [5.74, 6) is 0.434. The van der Waals surface area contributed by atoms with Gasteiger partial charge in [-0.25, -0.2) is 8.91 Å². The van der Waals surface area contributed by atoms with Crippen LogP contribution in [0.5, 0.6) is 0 Å². The molecule has 2 fully saturated rings. The Morgan fingerprint density at radius 3 is 2.51 bits per heavy atom. The van der Waals surface area contributed by atoms with Crippen LogP contribution in [0.1, 0.15) is 24.1 Å². The first kappa shape index (κ1) is 22.3. The summed E-state index contributed by atoms with van der Waals surface area (Å²) in [5.41, 5.74) is 0.284. The molecule has 2 unspecified atom stereocenters. The maximum Gasteiger partial charge on any atom is 0.417 e. The lowest BCUT2D eigenvalue weighted by atomic mass is 9.92. The first-order valence-corrected chi connectivity index (χ1v) is 12.2. The third-order valence-corrected chi connectivity index (χ3v) is 7.94. The van der Waals surface area contributed by atoms with E-state index in [1.54, 1.807) is 12.3 Å². The van der Waals surface area contributed by atoms with E-state index < -0.39 is 17.6 Å². The van der Waals surface area contributed by atoms with E-state index in [9.17, 15) is 17.6 Å². The summed E-state index contributed by atoms with van der Waals surface area (Å²) in [7, 11) is 0. The van der Waals surface area contributed by atoms with Gasteiger partial charge in [-0.05, 0) is 79.5 Å². The SMILES string of the molecule is Cc1cc(N2CC3CCC(C2)C3Nc2nc3c(-c4cc(F)ccc4C(F)(F)F)cccn3n2)sn1. The maximum absolute atomic E-state index is 14.0. The Labute approximate surface area is 202 Å². The van der Waals surface area contributed by atoms with E-state index in [1.165, 1.54) is 27.1 Å². The van der Waals surface area contributed by atoms with Gasteiger partial charge in [0.25, 0.3) is 0 Å². The van der Waals surface area contributed by atoms with Gasteiger partial charge in [0.1, 0.15) is 10.8 Å². The lowest BCUT2D eigenvalue weighted by Crippen LogP contribution is -2.48. The fourth-order valence-electron chi connectivity index (χ4n) is 5.45. The summed E-state index contributed by atoms with van der Waals surface area (Å²) in [6, 6.07) is 7.88. The van der Waals surface area contributed by atoms with Crippen LogP contribution in [0.25, 0.3) is 16.8 Å². The highest BCUT2D eigenvalue weighted by atomic mass is 32.1. The highest BCUT2D eigenvalue weighted by Crippen LogP contribution is 2.42. The number of piperidine rings is 1. The Bertz CT molecular complexity index is 1380. The van der Waals surface area contributed by atoms with Gasteiger partial charge in [0, 0.05) is 36.5 Å². The lowest BCUT2D eigenvalue weighted by Gasteiger charge is -2.38. The van der Waals surface area contributed by atoms with Crippen LogP contribution >= 0.6 is 11.5 Å². The lowest BCUT2D eigenvalue weighted by molar-refractivity contribution is -0.137. The zero-order valence-electron chi connectivity index (χ0n) is 18.8. The van der Waals surface area contributed by atoms with Gasteiger partial charge in [-0.3, -0.25) is 0 Å². The van der Waals surface area contributed by atoms with Gasteiger partial charge in [0.15, 0.2) is 5.65 Å². The molecule has 1 saturated heterocycles. The van der Waals surface area contributed by atoms with Crippen molar-refractivity contribution in [2.75, 3.05) is 23.3 Å². The highest BCUT2D eigenvalue weighted by Gasteiger charge is 2.43. The van der Waals surface area contributed by atoms with Crippen molar-refractivity contribution in [1.29, 1.82) is 0 Å². The normalized spacial score (nSPS) is 22.2. The van der Waals surface area contributed by atoms with Gasteiger partial charge < -0.3 is 10.2 Å². The van der Waals surface area contributed by atoms with Gasteiger partial charge in [-0.1, -0.05) is 0 Å². The number of nitrogens with one attached hydrogen (secondary N) is 1. The molecular formula is C24H22F4N6S. The average Bonchev–Trinajstić information content (AvgIpc) is 3.48. The molecule has 2 bridgehead atoms. The number of hydrogen-bond acceptors (Lipinski definition) is 6. The highest BCUT2D eigenvalue weighted by molar-refractivity contribution is 7.10. The molecule has 2 atom stereocenters. The van der Waals surface area contributed by atoms with Gasteiger partial charge in [0.2, 0.25) is 5.95 Å². The molecule has 11 heteroatoms. The summed E-state index contributed by atoms with van der Waals surface area (Å²) in [4.78, 5) is 6.93. The Kier molecular flexibility index (Phi) is 5.21. The Morgan fingerprint density at radius 2 is 1.83 bits per heavy atom. The molecule has 35 heavy (non-hydrogen) atoms. The predicted octanol–water partition coefficient (Wildman–Crippen LogP) is 5.65. The molecule has 4 heterocycles. The van der Waals surface area contributed by atoms with Crippen molar-refractivity contribution < 1.29 is 17.6 Å². The van der Waals surface area contributed by atoms with Crippen LogP contribution in [-0.2, 0) is 6.18 Å². The van der Waals surface area contributed by atoms with Gasteiger partial charge in [0.05, 0.1) is 11.3 Å². The second-order valence-corrected chi connectivity index (χ2v) is 10.1. The van der Waals surface area contributed by atoms with Crippen LogP contribution < -0.4 is 10.2 Å². The fraction of sp³-hybridized carbons (Fsp3) is 0.375. The number of fused-ring (bicyclic) bond motifs is 3. The van der Waals surface area contributed by atoms with Gasteiger partial charge >= 0.3 is 6.18 Å². The Morgan fingerprint density at radius 1 is 1.06 bits per heavy atom. The minimum Gasteiger partial charge on any atom is -0.361 e. The average molecular weight is 503 g/mol. The molecule has 0 amide bonds. The molecular weight excluding hydrogens is 480 g/mol. The van der Waals surface area contributed by atoms with Crippen LogP contribution in [0.2, 0.25) is 0 Å². The van der Waals surface area contributed by atoms with E-state index in [4.69, 9.17) is 0 Å². The standard InChI is InChI=1S/C24H22F4N6S/c1-13-9-20(35-32-13)33-11-14-4-5-15(12-33)21(14)29-23-30-22-17(3-2-8-34(22)31-23)18-10-16(25)6-7-19(18)24(26,27)28/h2-3,6-10,14-15,21H,4-5,11-12H2,1H3,(H,29,31). The van der Waals surface area contributed by atoms with E-state index in [-0.39, 0.29) is 22.8 Å². The first-order valence-electron chi connectivity index (χ1n) is 11.4. The fourth-order valence-corrected chi connectivity index (χ4v) is 6.23. The zero-order chi connectivity index (χ0) is 24.3. The molecule has 182 valence electrons. The number of nitrogens with zero attached hydrogens (tertiary/aromatic N) is 5. The summed E-state index contributed by atoms with van der Waals surface area (Å²) in [6.07, 6.45) is -0.811. The number of aryl methyl sites for hydroxylation is 1. The predicted molar refractivity (Wildman–Crippen MR) is 126 cm³/mol. The number of pyridine rings is 1. The molecule has 1 aromatic carbocycles. The van der Waals surface area contributed by atoms with Crippen molar-refractivity contribution in [1.82, 2.24) is 19.0 Å². The van der Waals surface area contributed by atoms with E-state index >= 15 is 0 Å². The second kappa shape index (κ2) is 8.18. The van der Waals surface area contributed by atoms with E-state index in [2.05, 4.69) is 30.7 Å². The Hall–Kier alpha value is -3.21. The van der Waals surface area contributed by atoms with Crippen LogP contribution in [-0.4, -0.2) is 38.1 Å². The van der Waals surface area contributed by atoms with Crippen LogP contribution in [0, 0.1) is 24.6 Å². The van der Waals surface area contributed by atoms with E-state index in [1.807, 2.05) is 6.92 Å². The van der Waals surface area contributed by atoms with Crippen molar-refractivity contribution in [3.63, 3.8) is 0 Å². The zero-order valence-corrected chi connectivity index (χ0v) is 19.6. The first-order chi connectivity index (χ1) is 16.8. The minimum atomic E-state index is -4.62. The monoisotopic (exact) mass is 502 g/mol. The number of benzene rings is 1. The third kappa shape index (κ3) is 4.01. The molecule has 1 N–H and O–H groups in total. The second-order valence-electron chi connectivity index (χ2n) is 9.29. The summed E-state index contributed by atoms with van der Waals surface area (Å²) in [5, 5.41) is 9.13. The van der Waals surface area contributed by atoms with E-state index in [0.717, 1.165) is 49.8 Å². The van der Waals surface area contributed by atoms with Crippen molar-refractivity contribution in [2.24, 2.45) is 11.8 Å². The number of rotatable bonds is 4. The minimum absolute atomic E-state index is 0.179. The third-order valence-electron chi connectivity index (χ3n) is 7.00. The molecule has 6 nitrogen and oxygen atoms in total. The summed E-state index contributed by atoms with van der Waals surface area (Å²) >= 11 is 1.52. The molecule has 2 aliphatic rings. The molecule has 3 aromatic heterocycles. The van der Waals surface area contributed by atoms with Gasteiger partial charge in [-0.15, -0.1) is 5.10 Å². The van der Waals surface area contributed by atoms with Crippen molar-refractivity contribution in [3.8, 4) is 11.1 Å². The number of hydrogen-bond donors (Lipinski definition) is 1. The van der Waals surface area contributed by atoms with Gasteiger partial charge in [-0.2, -0.15) is 22.5 Å². The molecule has 4 aromatic rings. The summed E-state index contributed by atoms with van der Waals surface area (Å²) in [6.45, 7) is 3.81. The maximum atomic E-state index is 14.0. The number of aromatic nitrogens is 4. The van der Waals surface area contributed by atoms with E-state index in [0.29, 0.717) is 17.8 Å². The number of alkyl halides is 3. The Balaban J connectivity index is 1.30. The van der Waals surface area contributed by atoms with Crippen molar-refractivity contribution >= 4 is 28.1 Å². The molecule has 1 aliphatic carbocycles. The van der Waals surface area contributed by atoms with Crippen molar-refractivity contribution in [3.05, 3.63) is 59.7 Å². The molecule has 1 aliphatic heterocycles. The smallest absolute Gasteiger partial charge is 0.361 e. The molecule has 1 saturated carbocycles. The topological polar surface area (TPSA) is 58.4 Å². The quantitative estimate of drug-likeness (QED) is 0.366. The van der Waals surface area contributed by atoms with Crippen LogP contribution in [0.3, 0.4) is 0 Å². The van der Waals surface area contributed by atoms with Crippen LogP contribution in [0.15, 0.2) is 42.6 Å². The molecule has 6 rings (SSSR count). The summed E-state index contributed by atoms with van der Waals surface area (Å²) < 4.78 is 60.7. The van der Waals surface area contributed by atoms with Crippen LogP contribution in [0.4, 0.5) is 28.5 Å². The number of anilines is 2. The molecule has 0 spiro atoms. The van der Waals surface area contributed by atoms with Crippen molar-refractivity contribution in [2.45, 2.75) is 32.0 Å². The largest absolute Gasteiger partial charge is 0.417 e. The molecule has 0 radical (unpaired) electrons.